The molecule has 1 fully saturated rings. The lowest BCUT2D eigenvalue weighted by Crippen LogP contribution is -2.38. The van der Waals surface area contributed by atoms with Crippen molar-refractivity contribution in [3.63, 3.8) is 0 Å². The number of aromatic nitrogens is 2. The number of aliphatic carboxylic acids is 1. The molecule has 14 heteroatoms. The molecule has 0 saturated heterocycles. The molecule has 10 nitrogen and oxygen atoms in total. The van der Waals surface area contributed by atoms with Gasteiger partial charge in [0.05, 0.1) is 53.9 Å². The summed E-state index contributed by atoms with van der Waals surface area (Å²) in [4.78, 5) is 21.0. The van der Waals surface area contributed by atoms with Crippen molar-refractivity contribution in [2.75, 3.05) is 47.1 Å². The zero-order chi connectivity index (χ0) is 30.8. The number of aryl methyl sites for hydroxylation is 1. The van der Waals surface area contributed by atoms with Crippen molar-refractivity contribution < 1.29 is 50.8 Å². The Kier molecular flexibility index (Phi) is 13.1. The van der Waals surface area contributed by atoms with E-state index in [4.69, 9.17) is 24.9 Å². The van der Waals surface area contributed by atoms with E-state index >= 15 is 0 Å². The number of ether oxygens (including phenoxy) is 1. The van der Waals surface area contributed by atoms with Crippen LogP contribution in [0.4, 0.5) is 13.2 Å². The molecule has 0 bridgehead atoms. The maximum Gasteiger partial charge on any atom is 0.430 e. The maximum atomic E-state index is 12.2. The third-order valence-electron chi connectivity index (χ3n) is 6.95. The number of alkyl halides is 3. The Hall–Kier alpha value is -2.18. The van der Waals surface area contributed by atoms with Gasteiger partial charge in [-0.1, -0.05) is 19.3 Å². The fraction of sp³-hybridized carbons (Fsp3) is 0.704. The smallest absolute Gasteiger partial charge is 0.430 e. The van der Waals surface area contributed by atoms with Crippen molar-refractivity contribution in [2.24, 2.45) is 11.7 Å². The molecule has 1 aliphatic rings. The average Bonchev–Trinajstić information content (AvgIpc) is 3.17. The van der Waals surface area contributed by atoms with Crippen LogP contribution in [0.1, 0.15) is 51.3 Å². The summed E-state index contributed by atoms with van der Waals surface area (Å²) in [5, 5.41) is 8.78. The van der Waals surface area contributed by atoms with Crippen molar-refractivity contribution in [1.29, 1.82) is 0 Å². The number of halogens is 3. The number of carbonyl (C=O) groups excluding carboxylic acids is 1. The van der Waals surface area contributed by atoms with Gasteiger partial charge >= 0.3 is 6.18 Å². The number of imidazole rings is 1. The number of carboxylic acids is 1. The van der Waals surface area contributed by atoms with Crippen LogP contribution in [0.3, 0.4) is 0 Å². The van der Waals surface area contributed by atoms with E-state index in [0.29, 0.717) is 18.9 Å². The van der Waals surface area contributed by atoms with Crippen molar-refractivity contribution in [3.05, 3.63) is 24.0 Å². The fourth-order valence-electron chi connectivity index (χ4n) is 5.01. The summed E-state index contributed by atoms with van der Waals surface area (Å²) in [6.07, 6.45) is 1.95. The summed E-state index contributed by atoms with van der Waals surface area (Å²) in [5.41, 5.74) is 8.47. The molecule has 41 heavy (non-hydrogen) atoms. The molecule has 1 atom stereocenters. The van der Waals surface area contributed by atoms with E-state index in [1.807, 2.05) is 27.2 Å². The van der Waals surface area contributed by atoms with E-state index in [1.165, 1.54) is 32.1 Å². The SMILES string of the molecule is CC[n+]1c(CN)n(CC2CCCCC2)c2cc(OCCOP(=O)([O-])CCC[N+](C)(C)C)ccc21.O=C([O-])C(F)(F)F. The number of hydrogen-bond acceptors (Lipinski definition) is 7. The summed E-state index contributed by atoms with van der Waals surface area (Å²) in [6.45, 7) is 5.48. The number of quaternary nitrogens is 1. The monoisotopic (exact) mass is 608 g/mol. The molecule has 0 aliphatic heterocycles. The van der Waals surface area contributed by atoms with E-state index < -0.39 is 19.7 Å². The minimum Gasteiger partial charge on any atom is -0.778 e. The second-order valence-corrected chi connectivity index (χ2v) is 13.2. The summed E-state index contributed by atoms with van der Waals surface area (Å²) in [6, 6.07) is 6.08. The van der Waals surface area contributed by atoms with Gasteiger partial charge in [0.25, 0.3) is 5.82 Å². The second-order valence-electron chi connectivity index (χ2n) is 11.3. The number of carbonyl (C=O) groups is 1. The average molecular weight is 609 g/mol. The van der Waals surface area contributed by atoms with Gasteiger partial charge in [-0.3, -0.25) is 0 Å². The molecule has 1 aliphatic carbocycles. The Bertz CT molecular complexity index is 1180. The molecule has 0 amide bonds. The van der Waals surface area contributed by atoms with Gasteiger partial charge in [0.1, 0.15) is 25.9 Å². The van der Waals surface area contributed by atoms with Gasteiger partial charge in [-0.25, -0.2) is 9.13 Å². The number of nitrogens with zero attached hydrogens (tertiary/aromatic N) is 3. The number of rotatable bonds is 13. The molecule has 0 spiro atoms. The molecule has 2 N–H and O–H groups in total. The number of nitrogens with two attached hydrogens (primary N) is 1. The van der Waals surface area contributed by atoms with Gasteiger partial charge in [0.2, 0.25) is 0 Å². The summed E-state index contributed by atoms with van der Waals surface area (Å²) < 4.78 is 60.2. The summed E-state index contributed by atoms with van der Waals surface area (Å²) in [5.74, 6) is -0.463. The first-order chi connectivity index (χ1) is 19.1. The quantitative estimate of drug-likeness (QED) is 0.160. The summed E-state index contributed by atoms with van der Waals surface area (Å²) in [7, 11) is 2.30. The maximum absolute atomic E-state index is 12.2. The lowest BCUT2D eigenvalue weighted by molar-refractivity contribution is -0.870. The first kappa shape index (κ1) is 35.0. The van der Waals surface area contributed by atoms with Crippen LogP contribution in [-0.4, -0.2) is 68.3 Å². The zero-order valence-corrected chi connectivity index (χ0v) is 25.3. The number of fused-ring (bicyclic) bond motifs is 1. The number of benzene rings is 1. The predicted octanol–water partition coefficient (Wildman–Crippen LogP) is 2.33. The number of carboxylic acid groups (broad SMARTS) is 1. The highest BCUT2D eigenvalue weighted by Crippen LogP contribution is 2.37. The highest BCUT2D eigenvalue weighted by Gasteiger charge is 2.29. The lowest BCUT2D eigenvalue weighted by atomic mass is 9.89. The number of hydrogen-bond donors (Lipinski definition) is 1. The van der Waals surface area contributed by atoms with Crippen LogP contribution in [0.2, 0.25) is 0 Å². The standard InChI is InChI=1S/C25H44N4O4P.C2HF3O2/c1-5-27-23-13-12-22(32-15-16-33-34(30,31)17-9-14-29(2,3)4)18-24(23)28(25(27)19-26)20-21-10-7-6-8-11-21;3-2(4,5)1(6)7/h12-13,18,21H,5-11,14-17,19-20,26H2,1-4H3;(H,6,7)/q+1;/p-1. The molecule has 1 unspecified atom stereocenters. The molecule has 1 aromatic heterocycles. The third-order valence-corrected chi connectivity index (χ3v) is 8.39. The minimum atomic E-state index is -5.19. The highest BCUT2D eigenvalue weighted by atomic mass is 31.2. The van der Waals surface area contributed by atoms with E-state index in [9.17, 15) is 22.6 Å². The van der Waals surface area contributed by atoms with Crippen molar-refractivity contribution in [2.45, 2.75) is 71.3 Å². The molecule has 2 aromatic rings. The second kappa shape index (κ2) is 15.3. The fourth-order valence-corrected chi connectivity index (χ4v) is 6.02. The first-order valence-electron chi connectivity index (χ1n) is 14.0. The van der Waals surface area contributed by atoms with Crippen molar-refractivity contribution in [3.8, 4) is 5.75 Å². The molecule has 234 valence electrons. The van der Waals surface area contributed by atoms with Crippen LogP contribution in [0.5, 0.6) is 5.75 Å². The third kappa shape index (κ3) is 11.5. The van der Waals surface area contributed by atoms with Crippen LogP contribution in [0, 0.1) is 5.92 Å². The van der Waals surface area contributed by atoms with Gasteiger partial charge in [-0.15, -0.1) is 0 Å². The lowest BCUT2D eigenvalue weighted by Gasteiger charge is -2.27. The largest absolute Gasteiger partial charge is 0.778 e. The van der Waals surface area contributed by atoms with Gasteiger partial charge in [0, 0.05) is 18.6 Å². The van der Waals surface area contributed by atoms with Gasteiger partial charge < -0.3 is 38.8 Å². The van der Waals surface area contributed by atoms with E-state index in [0.717, 1.165) is 46.7 Å². The molecular weight excluding hydrogens is 564 g/mol. The Morgan fingerprint density at radius 2 is 1.83 bits per heavy atom. The Morgan fingerprint density at radius 1 is 1.20 bits per heavy atom. The van der Waals surface area contributed by atoms with Crippen LogP contribution in [-0.2, 0) is 33.5 Å². The van der Waals surface area contributed by atoms with Gasteiger partial charge in [-0.2, -0.15) is 13.2 Å². The van der Waals surface area contributed by atoms with Crippen LogP contribution >= 0.6 is 7.60 Å². The molecule has 3 rings (SSSR count). The van der Waals surface area contributed by atoms with Crippen LogP contribution < -0.4 is 25.0 Å². The van der Waals surface area contributed by atoms with Crippen molar-refractivity contribution >= 4 is 24.6 Å². The Balaban J connectivity index is 0.000000745. The van der Waals surface area contributed by atoms with E-state index in [1.54, 1.807) is 0 Å². The summed E-state index contributed by atoms with van der Waals surface area (Å²) >= 11 is 0. The van der Waals surface area contributed by atoms with E-state index in [2.05, 4.69) is 28.2 Å². The predicted molar refractivity (Wildman–Crippen MR) is 145 cm³/mol. The van der Waals surface area contributed by atoms with Crippen LogP contribution in [0.25, 0.3) is 11.0 Å². The van der Waals surface area contributed by atoms with Gasteiger partial charge in [0.15, 0.2) is 11.0 Å². The molecule has 1 aromatic carbocycles. The zero-order valence-electron chi connectivity index (χ0n) is 24.5. The normalized spacial score (nSPS) is 16.2. The topological polar surface area (TPSA) is 134 Å². The molecule has 1 saturated carbocycles. The highest BCUT2D eigenvalue weighted by molar-refractivity contribution is 7.51. The van der Waals surface area contributed by atoms with Crippen LogP contribution in [0.15, 0.2) is 18.2 Å². The van der Waals surface area contributed by atoms with Crippen molar-refractivity contribution in [1.82, 2.24) is 4.57 Å². The van der Waals surface area contributed by atoms with Gasteiger partial charge in [-0.05, 0) is 37.8 Å². The minimum absolute atomic E-state index is 0.0231. The first-order valence-corrected chi connectivity index (χ1v) is 15.7. The molecule has 0 radical (unpaired) electrons. The molecule has 1 heterocycles. The Labute approximate surface area is 240 Å². The van der Waals surface area contributed by atoms with E-state index in [-0.39, 0.29) is 19.4 Å². The Morgan fingerprint density at radius 3 is 2.37 bits per heavy atom. The molecular formula is C27H44F3N4O6P.